The fourth-order valence-electron chi connectivity index (χ4n) is 2.57. The second kappa shape index (κ2) is 8.95. The smallest absolute Gasteiger partial charge is 0.196 e. The number of aromatic nitrogens is 3. The number of hydrogen-bond acceptors (Lipinski definition) is 6. The monoisotopic (exact) mass is 414 g/mol. The van der Waals surface area contributed by atoms with E-state index in [1.54, 1.807) is 43.5 Å². The molecule has 0 atom stereocenters. The Morgan fingerprint density at radius 3 is 2.64 bits per heavy atom. The van der Waals surface area contributed by atoms with Crippen LogP contribution in [0.5, 0.6) is 5.75 Å². The highest BCUT2D eigenvalue weighted by Gasteiger charge is 2.15. The van der Waals surface area contributed by atoms with Gasteiger partial charge in [0.25, 0.3) is 0 Å². The van der Waals surface area contributed by atoms with Crippen LogP contribution >= 0.6 is 23.4 Å². The first-order valence-corrected chi connectivity index (χ1v) is 9.65. The fraction of sp³-hybridized carbons (Fsp3) is 0.150. The molecular weight excluding hydrogens is 398 g/mol. The number of rotatable bonds is 7. The Kier molecular flexibility index (Phi) is 6.38. The van der Waals surface area contributed by atoms with Crippen molar-refractivity contribution in [3.8, 4) is 17.1 Å². The Hall–Kier alpha value is -2.77. The van der Waals surface area contributed by atoms with E-state index in [4.69, 9.17) is 16.3 Å². The first-order valence-electron chi connectivity index (χ1n) is 8.46. The van der Waals surface area contributed by atoms with Crippen molar-refractivity contribution < 1.29 is 14.6 Å². The van der Waals surface area contributed by atoms with Crippen LogP contribution in [0.2, 0.25) is 5.02 Å². The average molecular weight is 415 g/mol. The van der Waals surface area contributed by atoms with Crippen LogP contribution in [0.4, 0.5) is 0 Å². The highest BCUT2D eigenvalue weighted by molar-refractivity contribution is 8.04. The Balaban J connectivity index is 1.94. The molecule has 0 radical (unpaired) electrons. The van der Waals surface area contributed by atoms with Crippen molar-refractivity contribution in [1.82, 2.24) is 14.8 Å². The molecule has 0 aliphatic rings. The van der Waals surface area contributed by atoms with E-state index in [2.05, 4.69) is 10.2 Å². The van der Waals surface area contributed by atoms with Gasteiger partial charge in [0, 0.05) is 22.0 Å². The van der Waals surface area contributed by atoms with Gasteiger partial charge in [0.05, 0.1) is 13.1 Å². The fourth-order valence-corrected chi connectivity index (χ4v) is 3.58. The Morgan fingerprint density at radius 1 is 1.25 bits per heavy atom. The lowest BCUT2D eigenvalue weighted by Gasteiger charge is -2.11. The second-order valence-corrected chi connectivity index (χ2v) is 7.18. The van der Waals surface area contributed by atoms with E-state index in [1.165, 1.54) is 6.08 Å². The molecule has 0 saturated heterocycles. The zero-order valence-electron chi connectivity index (χ0n) is 15.3. The lowest BCUT2D eigenvalue weighted by Crippen LogP contribution is -2.23. The van der Waals surface area contributed by atoms with Crippen LogP contribution in [-0.4, -0.2) is 27.8 Å². The van der Waals surface area contributed by atoms with Gasteiger partial charge in [-0.15, -0.1) is 10.2 Å². The molecule has 0 bridgehead atoms. The van der Waals surface area contributed by atoms with Gasteiger partial charge in [0.2, 0.25) is 0 Å². The van der Waals surface area contributed by atoms with Gasteiger partial charge >= 0.3 is 0 Å². The molecule has 8 heteroatoms. The molecule has 0 N–H and O–H groups in total. The van der Waals surface area contributed by atoms with Crippen LogP contribution in [0.15, 0.2) is 58.6 Å². The van der Waals surface area contributed by atoms with E-state index in [9.17, 15) is 9.90 Å². The predicted molar refractivity (Wildman–Crippen MR) is 108 cm³/mol. The Morgan fingerprint density at radius 2 is 2.00 bits per heavy atom. The Labute approximate surface area is 171 Å². The third kappa shape index (κ3) is 4.55. The summed E-state index contributed by atoms with van der Waals surface area (Å²) in [6, 6.07) is 14.3. The first-order chi connectivity index (χ1) is 13.5. The summed E-state index contributed by atoms with van der Waals surface area (Å²) in [6.45, 7) is 2.52. The van der Waals surface area contributed by atoms with E-state index in [0.717, 1.165) is 17.3 Å². The summed E-state index contributed by atoms with van der Waals surface area (Å²) in [7, 11) is 1.55. The topological polar surface area (TPSA) is 80.1 Å². The summed E-state index contributed by atoms with van der Waals surface area (Å²) in [4.78, 5) is 11.7. The molecule has 0 spiro atoms. The summed E-state index contributed by atoms with van der Waals surface area (Å²) in [5.41, 5.74) is 1.53. The number of carbonyl (C=O) groups is 1. The summed E-state index contributed by atoms with van der Waals surface area (Å²) >= 11 is 6.94. The molecule has 6 nitrogen and oxygen atoms in total. The lowest BCUT2D eigenvalue weighted by atomic mass is 10.2. The molecule has 0 saturated carbocycles. The van der Waals surface area contributed by atoms with E-state index < -0.39 is 5.97 Å². The van der Waals surface area contributed by atoms with Crippen molar-refractivity contribution in [3.05, 3.63) is 64.0 Å². The molecule has 0 amide bonds. The number of carbonyl (C=O) groups excluding carboxylic acids is 1. The maximum Gasteiger partial charge on any atom is 0.196 e. The summed E-state index contributed by atoms with van der Waals surface area (Å²) < 4.78 is 7.02. The van der Waals surface area contributed by atoms with Crippen LogP contribution in [0.3, 0.4) is 0 Å². The van der Waals surface area contributed by atoms with Gasteiger partial charge in [0.15, 0.2) is 11.0 Å². The summed E-state index contributed by atoms with van der Waals surface area (Å²) in [5.74, 6) is -0.00883. The number of thioether (sulfide) groups is 1. The van der Waals surface area contributed by atoms with Crippen molar-refractivity contribution in [3.63, 3.8) is 0 Å². The van der Waals surface area contributed by atoms with E-state index in [0.29, 0.717) is 33.9 Å². The summed E-state index contributed by atoms with van der Waals surface area (Å²) in [6.07, 6.45) is 1.53. The number of carboxylic acid groups (broad SMARTS) is 1. The van der Waals surface area contributed by atoms with E-state index in [1.807, 2.05) is 23.6 Å². The van der Waals surface area contributed by atoms with Crippen molar-refractivity contribution >= 4 is 35.4 Å². The number of halogens is 1. The average Bonchev–Trinajstić information content (AvgIpc) is 3.10. The van der Waals surface area contributed by atoms with Gasteiger partial charge < -0.3 is 19.2 Å². The molecule has 3 aromatic rings. The molecule has 144 valence electrons. The molecule has 1 heterocycles. The van der Waals surface area contributed by atoms with Gasteiger partial charge in [-0.25, -0.2) is 0 Å². The number of nitrogens with zero attached hydrogens (tertiary/aromatic N) is 3. The molecular formula is C20H17ClN3O3S-. The maximum atomic E-state index is 11.7. The van der Waals surface area contributed by atoms with Crippen molar-refractivity contribution in [1.29, 1.82) is 0 Å². The van der Waals surface area contributed by atoms with Gasteiger partial charge in [-0.05, 0) is 66.7 Å². The van der Waals surface area contributed by atoms with Gasteiger partial charge in [0.1, 0.15) is 5.75 Å². The summed E-state index contributed by atoms with van der Waals surface area (Å²) in [5, 5.41) is 21.2. The minimum absolute atomic E-state index is 0.0259. The highest BCUT2D eigenvalue weighted by atomic mass is 35.5. The van der Waals surface area contributed by atoms with Gasteiger partial charge in [-0.1, -0.05) is 23.7 Å². The second-order valence-electron chi connectivity index (χ2n) is 5.73. The Bertz CT molecular complexity index is 1020. The van der Waals surface area contributed by atoms with Gasteiger partial charge in [-0.2, -0.15) is 0 Å². The molecule has 1 aromatic heterocycles. The SMILES string of the molecule is CCn1c(S/C(=C/c2cccc(OC)c2)C(=O)[O-])nnc1-c1ccc(Cl)cc1. The van der Waals surface area contributed by atoms with Crippen LogP contribution < -0.4 is 9.84 Å². The third-order valence-electron chi connectivity index (χ3n) is 3.93. The van der Waals surface area contributed by atoms with Crippen LogP contribution in [0.25, 0.3) is 17.5 Å². The highest BCUT2D eigenvalue weighted by Crippen LogP contribution is 2.30. The zero-order valence-corrected chi connectivity index (χ0v) is 16.8. The first kappa shape index (κ1) is 20.0. The largest absolute Gasteiger partial charge is 0.544 e. The van der Waals surface area contributed by atoms with Crippen molar-refractivity contribution in [2.24, 2.45) is 0 Å². The standard InChI is InChI=1S/C20H18ClN3O3S/c1-3-24-18(14-7-9-15(21)10-8-14)22-23-20(24)28-17(19(25)26)12-13-5-4-6-16(11-13)27-2/h4-12H,3H2,1-2H3,(H,25,26)/p-1/b17-12+. The number of ether oxygens (including phenoxy) is 1. The minimum Gasteiger partial charge on any atom is -0.544 e. The zero-order chi connectivity index (χ0) is 20.1. The van der Waals surface area contributed by atoms with Crippen molar-refractivity contribution in [2.45, 2.75) is 18.6 Å². The lowest BCUT2D eigenvalue weighted by molar-refractivity contribution is -0.297. The molecule has 0 fully saturated rings. The third-order valence-corrected chi connectivity index (χ3v) is 5.17. The maximum absolute atomic E-state index is 11.7. The number of benzene rings is 2. The molecule has 28 heavy (non-hydrogen) atoms. The molecule has 2 aromatic carbocycles. The van der Waals surface area contributed by atoms with Crippen LogP contribution in [0.1, 0.15) is 12.5 Å². The van der Waals surface area contributed by atoms with E-state index in [-0.39, 0.29) is 4.91 Å². The number of aliphatic carboxylic acids is 1. The van der Waals surface area contributed by atoms with Crippen molar-refractivity contribution in [2.75, 3.05) is 7.11 Å². The van der Waals surface area contributed by atoms with Gasteiger partial charge in [-0.3, -0.25) is 0 Å². The number of carboxylic acids is 1. The van der Waals surface area contributed by atoms with E-state index >= 15 is 0 Å². The number of methoxy groups -OCH3 is 1. The van der Waals surface area contributed by atoms with Crippen LogP contribution in [0, 0.1) is 0 Å². The minimum atomic E-state index is -1.29. The molecule has 0 aliphatic heterocycles. The molecule has 3 rings (SSSR count). The number of hydrogen-bond donors (Lipinski definition) is 0. The normalized spacial score (nSPS) is 11.5. The predicted octanol–water partition coefficient (Wildman–Crippen LogP) is 3.51. The molecule has 0 aliphatic carbocycles. The van der Waals surface area contributed by atoms with Crippen LogP contribution in [-0.2, 0) is 11.3 Å². The molecule has 0 unspecified atom stereocenters. The quantitative estimate of drug-likeness (QED) is 0.434.